The fraction of sp³-hybridized carbons (Fsp3) is 0.352. The maximum atomic E-state index is 9.23. The number of nitriles is 1. The number of hydrogen-bond donors (Lipinski definition) is 0. The molecule has 7 aromatic rings. The van der Waals surface area contributed by atoms with Crippen LogP contribution in [0.4, 0.5) is 0 Å². The van der Waals surface area contributed by atoms with Gasteiger partial charge in [-0.15, -0.1) is 5.10 Å². The fourth-order valence-electron chi connectivity index (χ4n) is 8.76. The summed E-state index contributed by atoms with van der Waals surface area (Å²) in [6.07, 6.45) is 3.92. The molecule has 0 N–H and O–H groups in total. The Bertz CT molecular complexity index is 2510. The molecule has 6 aromatic carbocycles. The van der Waals surface area contributed by atoms with Crippen molar-refractivity contribution in [3.63, 3.8) is 0 Å². The number of nitrogens with zero attached hydrogens (tertiary/aromatic N) is 6. The second-order valence-corrected chi connectivity index (χ2v) is 18.4. The highest BCUT2D eigenvalue weighted by Gasteiger charge is 2.38. The molecule has 1 aromatic heterocycles. The van der Waals surface area contributed by atoms with E-state index in [9.17, 15) is 5.26 Å². The van der Waals surface area contributed by atoms with E-state index in [1.807, 2.05) is 35.0 Å². The quantitative estimate of drug-likeness (QED) is 0.0238. The minimum absolute atomic E-state index is 0.225. The van der Waals surface area contributed by atoms with Crippen molar-refractivity contribution in [1.82, 2.24) is 24.6 Å². The molecule has 1 atom stereocenters. The number of ether oxygens (including phenoxy) is 3. The van der Waals surface area contributed by atoms with Crippen molar-refractivity contribution in [2.45, 2.75) is 77.7 Å². The first kappa shape index (κ1) is 48.2. The van der Waals surface area contributed by atoms with Crippen LogP contribution in [-0.2, 0) is 32.5 Å². The molecule has 0 fully saturated rings. The van der Waals surface area contributed by atoms with Crippen LogP contribution in [-0.4, -0.2) is 83.8 Å². The van der Waals surface area contributed by atoms with Gasteiger partial charge in [0, 0.05) is 38.3 Å². The van der Waals surface area contributed by atoms with Crippen LogP contribution in [0.5, 0.6) is 11.5 Å². The molecule has 1 heterocycles. The smallest absolute Gasteiger partial charge is 0.259 e. The highest BCUT2D eigenvalue weighted by atomic mass is 31.2. The van der Waals surface area contributed by atoms with Gasteiger partial charge in [0.25, 0.3) is 8.53 Å². The van der Waals surface area contributed by atoms with Gasteiger partial charge in [-0.05, 0) is 115 Å². The Kier molecular flexibility index (Phi) is 17.3. The molecule has 0 aliphatic carbocycles. The Morgan fingerprint density at radius 3 is 1.76 bits per heavy atom. The predicted octanol–water partition coefficient (Wildman–Crippen LogP) is 11.5. The third-order valence-corrected chi connectivity index (χ3v) is 13.9. The van der Waals surface area contributed by atoms with E-state index >= 15 is 0 Å². The number of benzene rings is 6. The summed E-state index contributed by atoms with van der Waals surface area (Å²) in [6, 6.07) is 48.7. The van der Waals surface area contributed by atoms with Crippen LogP contribution in [0.25, 0.3) is 21.5 Å². The minimum atomic E-state index is -1.34. The molecular weight excluding hydrogens is 844 g/mol. The number of fused-ring (bicyclic) bond motifs is 2. The van der Waals surface area contributed by atoms with E-state index in [-0.39, 0.29) is 12.1 Å². The molecule has 0 saturated heterocycles. The first-order valence-electron chi connectivity index (χ1n) is 22.9. The first-order valence-corrected chi connectivity index (χ1v) is 24.1. The lowest BCUT2D eigenvalue weighted by molar-refractivity contribution is 0.00749. The second kappa shape index (κ2) is 23.7. The van der Waals surface area contributed by atoms with Crippen molar-refractivity contribution in [2.75, 3.05) is 47.1 Å². The molecule has 0 saturated carbocycles. The van der Waals surface area contributed by atoms with Crippen LogP contribution in [0, 0.1) is 11.3 Å². The van der Waals surface area contributed by atoms with E-state index in [2.05, 4.69) is 158 Å². The molecule has 0 amide bonds. The monoisotopic (exact) mass is 906 g/mol. The molecule has 0 aliphatic rings. The van der Waals surface area contributed by atoms with E-state index < -0.39 is 14.1 Å². The average Bonchev–Trinajstić information content (AvgIpc) is 3.79. The molecule has 0 radical (unpaired) electrons. The lowest BCUT2D eigenvalue weighted by atomic mass is 9.80. The maximum absolute atomic E-state index is 9.23. The van der Waals surface area contributed by atoms with Gasteiger partial charge in [0.1, 0.15) is 17.1 Å². The highest BCUT2D eigenvalue weighted by Crippen LogP contribution is 2.46. The number of methoxy groups -OCH3 is 2. The van der Waals surface area contributed by atoms with Crippen molar-refractivity contribution in [2.24, 2.45) is 0 Å². The zero-order valence-corrected chi connectivity index (χ0v) is 40.1. The lowest BCUT2D eigenvalue weighted by Gasteiger charge is -2.36. The van der Waals surface area contributed by atoms with Gasteiger partial charge in [-0.25, -0.2) is 9.35 Å². The molecule has 1 unspecified atom stereocenters. The second-order valence-electron chi connectivity index (χ2n) is 16.9. The van der Waals surface area contributed by atoms with Gasteiger partial charge in [-0.2, -0.15) is 5.26 Å². The summed E-state index contributed by atoms with van der Waals surface area (Å²) in [5.41, 5.74) is 4.23. The molecule has 66 heavy (non-hydrogen) atoms. The minimum Gasteiger partial charge on any atom is -0.497 e. The molecule has 0 spiro atoms. The molecule has 0 aliphatic heterocycles. The summed E-state index contributed by atoms with van der Waals surface area (Å²) in [7, 11) is 2.02. The molecule has 344 valence electrons. The Labute approximate surface area is 391 Å². The Morgan fingerprint density at radius 2 is 1.20 bits per heavy atom. The molecule has 12 heteroatoms. The van der Waals surface area contributed by atoms with Crippen molar-refractivity contribution < 1.29 is 23.3 Å². The summed E-state index contributed by atoms with van der Waals surface area (Å²) in [5, 5.41) is 23.5. The van der Waals surface area contributed by atoms with Gasteiger partial charge in [0.05, 0.1) is 58.4 Å². The van der Waals surface area contributed by atoms with Gasteiger partial charge >= 0.3 is 0 Å². The molecule has 11 nitrogen and oxygen atoms in total. The zero-order chi connectivity index (χ0) is 46.3. The van der Waals surface area contributed by atoms with Crippen molar-refractivity contribution in [3.05, 3.63) is 168 Å². The van der Waals surface area contributed by atoms with Crippen LogP contribution in [0.3, 0.4) is 0 Å². The molecule has 7 rings (SSSR count). The van der Waals surface area contributed by atoms with Gasteiger partial charge in [-0.1, -0.05) is 108 Å². The highest BCUT2D eigenvalue weighted by molar-refractivity contribution is 7.44. The SMILES string of the molecule is COc1ccc(C(OCCCN(CCCOP(OCCC#N)N(C(C)C)C(C)C)Cc2cn(Cc3c4ccccc4cc4ccccc34)nn2)(c2ccccc2)c2ccc(OC)cc2)cc1. The fourth-order valence-corrected chi connectivity index (χ4v) is 10.4. The summed E-state index contributed by atoms with van der Waals surface area (Å²) in [5.74, 6) is 1.56. The zero-order valence-electron chi connectivity index (χ0n) is 39.2. The van der Waals surface area contributed by atoms with Crippen molar-refractivity contribution in [1.29, 1.82) is 5.26 Å². The van der Waals surface area contributed by atoms with E-state index in [1.165, 1.54) is 27.1 Å². The number of rotatable bonds is 25. The average molecular weight is 907 g/mol. The molecule has 0 bridgehead atoms. The summed E-state index contributed by atoms with van der Waals surface area (Å²) < 4.78 is 35.3. The summed E-state index contributed by atoms with van der Waals surface area (Å²) in [4.78, 5) is 2.42. The lowest BCUT2D eigenvalue weighted by Crippen LogP contribution is -2.34. The number of hydrogen-bond acceptors (Lipinski definition) is 10. The first-order chi connectivity index (χ1) is 32.2. The van der Waals surface area contributed by atoms with Gasteiger partial charge in [0.15, 0.2) is 0 Å². The third kappa shape index (κ3) is 11.8. The maximum Gasteiger partial charge on any atom is 0.259 e. The molecular formula is C54H63N6O5P. The van der Waals surface area contributed by atoms with E-state index in [0.29, 0.717) is 39.3 Å². The van der Waals surface area contributed by atoms with E-state index in [4.69, 9.17) is 28.4 Å². The third-order valence-electron chi connectivity index (χ3n) is 11.8. The van der Waals surface area contributed by atoms with E-state index in [1.54, 1.807) is 14.2 Å². The normalized spacial score (nSPS) is 12.4. The van der Waals surface area contributed by atoms with Crippen LogP contribution in [0.15, 0.2) is 140 Å². The summed E-state index contributed by atoms with van der Waals surface area (Å²) in [6.45, 7) is 12.6. The van der Waals surface area contributed by atoms with E-state index in [0.717, 1.165) is 59.8 Å². The van der Waals surface area contributed by atoms with Crippen LogP contribution < -0.4 is 9.47 Å². The van der Waals surface area contributed by atoms with Crippen LogP contribution >= 0.6 is 8.53 Å². The standard InChI is InChI=1S/C54H63N6O5P/c1-41(2)60(42(3)4)66(64-35-14-31-55)65-36-16-33-58(38-48-39-59(57-56-48)40-53-51-21-12-10-17-43(51)37-44-18-11-13-22-52(44)53)32-15-34-63-54(45-19-8-7-9-20-45,46-23-27-49(61-5)28-24-46)47-25-29-50(62-6)30-26-47/h7-13,17-30,37,39,41-42H,14-16,32-36,38,40H2,1-6H3. The summed E-state index contributed by atoms with van der Waals surface area (Å²) >= 11 is 0. The van der Waals surface area contributed by atoms with Crippen molar-refractivity contribution in [3.8, 4) is 17.6 Å². The van der Waals surface area contributed by atoms with Crippen molar-refractivity contribution >= 4 is 30.1 Å². The topological polar surface area (TPSA) is 107 Å². The van der Waals surface area contributed by atoms with Gasteiger partial charge < -0.3 is 23.3 Å². The Morgan fingerprint density at radius 1 is 0.667 bits per heavy atom. The van der Waals surface area contributed by atoms with Gasteiger partial charge in [0.2, 0.25) is 0 Å². The van der Waals surface area contributed by atoms with Crippen LogP contribution in [0.2, 0.25) is 0 Å². The number of aromatic nitrogens is 3. The van der Waals surface area contributed by atoms with Gasteiger partial charge in [-0.3, -0.25) is 4.90 Å². The predicted molar refractivity (Wildman–Crippen MR) is 265 cm³/mol. The largest absolute Gasteiger partial charge is 0.497 e. The van der Waals surface area contributed by atoms with Crippen LogP contribution in [0.1, 0.15) is 74.9 Å². The Hall–Kier alpha value is -5.70. The Balaban J connectivity index is 1.12.